The molecular weight excluding hydrogens is 450 g/mol. The highest BCUT2D eigenvalue weighted by Crippen LogP contribution is 2.26. The number of benzene rings is 2. The van der Waals surface area contributed by atoms with E-state index in [0.29, 0.717) is 19.4 Å². The van der Waals surface area contributed by atoms with Gasteiger partial charge in [0.25, 0.3) is 0 Å². The molecular formula is C26H34N3O4S. The average Bonchev–Trinajstić information content (AvgIpc) is 2.86. The zero-order chi connectivity index (χ0) is 24.8. The fourth-order valence-corrected chi connectivity index (χ4v) is 3.98. The van der Waals surface area contributed by atoms with Crippen LogP contribution < -0.4 is 11.1 Å². The van der Waals surface area contributed by atoms with Crippen LogP contribution in [0.4, 0.5) is 0 Å². The van der Waals surface area contributed by atoms with Gasteiger partial charge in [-0.25, -0.2) is 0 Å². The van der Waals surface area contributed by atoms with E-state index >= 15 is 0 Å². The lowest BCUT2D eigenvalue weighted by Crippen LogP contribution is -2.64. The lowest BCUT2D eigenvalue weighted by Gasteiger charge is -2.44. The molecule has 0 spiro atoms. The van der Waals surface area contributed by atoms with Crippen molar-refractivity contribution in [3.05, 3.63) is 77.5 Å². The number of hydrogen-bond acceptors (Lipinski definition) is 7. The summed E-state index contributed by atoms with van der Waals surface area (Å²) < 4.78 is 5.60. The maximum Gasteiger partial charge on any atom is 0.224 e. The molecule has 183 valence electrons. The molecule has 0 saturated heterocycles. The number of ketones is 2. The first-order valence-electron chi connectivity index (χ1n) is 11.3. The van der Waals surface area contributed by atoms with Crippen LogP contribution >= 0.6 is 12.6 Å². The highest BCUT2D eigenvalue weighted by atomic mass is 32.1. The zero-order valence-electron chi connectivity index (χ0n) is 19.6. The highest BCUT2D eigenvalue weighted by Gasteiger charge is 2.39. The van der Waals surface area contributed by atoms with Gasteiger partial charge in [0, 0.05) is 18.6 Å². The molecule has 0 saturated carbocycles. The average molecular weight is 485 g/mol. The molecule has 0 fully saturated rings. The van der Waals surface area contributed by atoms with Crippen LogP contribution in [0.15, 0.2) is 60.7 Å². The second-order valence-corrected chi connectivity index (χ2v) is 8.39. The summed E-state index contributed by atoms with van der Waals surface area (Å²) in [5.74, 6) is 0.990. The molecule has 1 amide bonds. The van der Waals surface area contributed by atoms with E-state index in [1.54, 1.807) is 12.7 Å². The number of carbonyl (C=O) groups excluding carboxylic acids is 3. The molecule has 0 bridgehead atoms. The van der Waals surface area contributed by atoms with Gasteiger partial charge in [-0.05, 0) is 17.5 Å². The molecule has 8 heteroatoms. The Kier molecular flexibility index (Phi) is 12.0. The first-order chi connectivity index (χ1) is 16.4. The molecule has 0 heterocycles. The fourth-order valence-electron chi connectivity index (χ4n) is 3.68. The predicted octanol–water partition coefficient (Wildman–Crippen LogP) is 2.55. The van der Waals surface area contributed by atoms with E-state index in [-0.39, 0.29) is 50.1 Å². The summed E-state index contributed by atoms with van der Waals surface area (Å²) in [6, 6.07) is 19.2. The Morgan fingerprint density at radius 1 is 1.03 bits per heavy atom. The fraction of sp³-hybridized carbons (Fsp3) is 0.385. The van der Waals surface area contributed by atoms with Crippen molar-refractivity contribution in [1.82, 2.24) is 10.2 Å². The summed E-state index contributed by atoms with van der Waals surface area (Å²) in [5.41, 5.74) is 6.39. The van der Waals surface area contributed by atoms with Gasteiger partial charge < -0.3 is 15.4 Å². The minimum atomic E-state index is -1.03. The van der Waals surface area contributed by atoms with Gasteiger partial charge in [0.15, 0.2) is 11.6 Å². The molecule has 0 aromatic heterocycles. The molecule has 3 N–H and O–H groups in total. The lowest BCUT2D eigenvalue weighted by atomic mass is 9.93. The standard InChI is InChI=1S/C26H34N3O4S/c1-2-25(32)29(18-24(31)20-33-19-22-11-7-4-8-12-22)26(13-14-34,28-17-23(30)16-27)15-21-9-5-3-6-10-21/h3-12,14,28,34H,2,13,15-20,27H2,1H3. The van der Waals surface area contributed by atoms with Crippen LogP contribution in [0.25, 0.3) is 0 Å². The van der Waals surface area contributed by atoms with Gasteiger partial charge >= 0.3 is 0 Å². The maximum atomic E-state index is 13.1. The van der Waals surface area contributed by atoms with Gasteiger partial charge in [-0.15, -0.1) is 0 Å². The minimum absolute atomic E-state index is 0.0306. The number of amides is 1. The van der Waals surface area contributed by atoms with Gasteiger partial charge in [-0.3, -0.25) is 19.7 Å². The quantitative estimate of drug-likeness (QED) is 0.250. The topological polar surface area (TPSA) is 102 Å². The monoisotopic (exact) mass is 484 g/mol. The zero-order valence-corrected chi connectivity index (χ0v) is 20.5. The maximum absolute atomic E-state index is 13.1. The summed E-state index contributed by atoms with van der Waals surface area (Å²) >= 11 is 4.31. The van der Waals surface area contributed by atoms with Crippen LogP contribution in [0.1, 0.15) is 30.9 Å². The molecule has 1 atom stereocenters. The SMILES string of the molecule is CCC(=O)N(CC(=O)COCc1ccccc1)C(C[CH]S)(Cc1ccccc1)NCC(=O)CN. The van der Waals surface area contributed by atoms with Crippen molar-refractivity contribution in [3.8, 4) is 0 Å². The number of ether oxygens (including phenoxy) is 1. The smallest absolute Gasteiger partial charge is 0.224 e. The Labute approximate surface area is 207 Å². The number of nitrogens with zero attached hydrogens (tertiary/aromatic N) is 1. The Balaban J connectivity index is 2.26. The number of nitrogens with one attached hydrogen (secondary N) is 1. The largest absolute Gasteiger partial charge is 0.369 e. The van der Waals surface area contributed by atoms with E-state index in [9.17, 15) is 14.4 Å². The molecule has 7 nitrogen and oxygen atoms in total. The summed E-state index contributed by atoms with van der Waals surface area (Å²) in [6.45, 7) is 1.62. The summed E-state index contributed by atoms with van der Waals surface area (Å²) in [4.78, 5) is 39.6. The van der Waals surface area contributed by atoms with E-state index in [0.717, 1.165) is 11.1 Å². The van der Waals surface area contributed by atoms with Crippen LogP contribution in [0.3, 0.4) is 0 Å². The predicted molar refractivity (Wildman–Crippen MR) is 136 cm³/mol. The van der Waals surface area contributed by atoms with Crippen molar-refractivity contribution in [2.75, 3.05) is 26.2 Å². The van der Waals surface area contributed by atoms with E-state index in [1.807, 2.05) is 60.7 Å². The van der Waals surface area contributed by atoms with Crippen LogP contribution in [0, 0.1) is 5.75 Å². The van der Waals surface area contributed by atoms with Crippen molar-refractivity contribution in [1.29, 1.82) is 0 Å². The van der Waals surface area contributed by atoms with Gasteiger partial charge in [0.05, 0.1) is 31.9 Å². The van der Waals surface area contributed by atoms with Crippen molar-refractivity contribution in [2.45, 2.75) is 38.5 Å². The number of hydrogen-bond donors (Lipinski definition) is 3. The second kappa shape index (κ2) is 14.7. The van der Waals surface area contributed by atoms with Crippen LogP contribution in [-0.4, -0.2) is 54.3 Å². The van der Waals surface area contributed by atoms with Crippen molar-refractivity contribution in [2.24, 2.45) is 5.73 Å². The molecule has 0 aliphatic carbocycles. The molecule has 2 aromatic rings. The second-order valence-electron chi connectivity index (χ2n) is 8.03. The van der Waals surface area contributed by atoms with E-state index in [2.05, 4.69) is 17.9 Å². The Morgan fingerprint density at radius 2 is 1.65 bits per heavy atom. The van der Waals surface area contributed by atoms with Crippen LogP contribution in [0.2, 0.25) is 0 Å². The van der Waals surface area contributed by atoms with Gasteiger partial charge in [-0.1, -0.05) is 67.6 Å². The molecule has 1 radical (unpaired) electrons. The third kappa shape index (κ3) is 8.68. The molecule has 0 aliphatic rings. The Bertz CT molecular complexity index is 911. The van der Waals surface area contributed by atoms with Gasteiger partial charge in [0.2, 0.25) is 5.91 Å². The first-order valence-corrected chi connectivity index (χ1v) is 11.9. The molecule has 2 aromatic carbocycles. The van der Waals surface area contributed by atoms with Crippen LogP contribution in [0.5, 0.6) is 0 Å². The summed E-state index contributed by atoms with van der Waals surface area (Å²) in [6.07, 6.45) is 0.896. The Hall–Kier alpha value is -2.52. The van der Waals surface area contributed by atoms with Crippen LogP contribution in [-0.2, 0) is 32.1 Å². The summed E-state index contributed by atoms with van der Waals surface area (Å²) in [5, 5.41) is 3.24. The lowest BCUT2D eigenvalue weighted by molar-refractivity contribution is -0.145. The van der Waals surface area contributed by atoms with Gasteiger partial charge in [0.1, 0.15) is 6.61 Å². The Morgan fingerprint density at radius 3 is 2.21 bits per heavy atom. The first kappa shape index (κ1) is 27.7. The number of rotatable bonds is 16. The number of nitrogens with two attached hydrogens (primary N) is 1. The third-order valence-corrected chi connectivity index (χ3v) is 5.62. The molecule has 34 heavy (non-hydrogen) atoms. The number of carbonyl (C=O) groups is 3. The van der Waals surface area contributed by atoms with E-state index in [1.165, 1.54) is 4.90 Å². The van der Waals surface area contributed by atoms with E-state index in [4.69, 9.17) is 10.5 Å². The van der Waals surface area contributed by atoms with Crippen molar-refractivity contribution in [3.63, 3.8) is 0 Å². The summed E-state index contributed by atoms with van der Waals surface area (Å²) in [7, 11) is 0. The van der Waals surface area contributed by atoms with Gasteiger partial charge in [-0.2, -0.15) is 12.6 Å². The molecule has 2 rings (SSSR count). The third-order valence-electron chi connectivity index (χ3n) is 5.44. The molecule has 1 unspecified atom stereocenters. The normalized spacial score (nSPS) is 12.7. The number of Topliss-reactive ketones (excluding diaryl/α,β-unsaturated/α-hetero) is 2. The minimum Gasteiger partial charge on any atom is -0.369 e. The van der Waals surface area contributed by atoms with Crippen molar-refractivity contribution >= 4 is 30.1 Å². The van der Waals surface area contributed by atoms with Crippen molar-refractivity contribution < 1.29 is 19.1 Å². The van der Waals surface area contributed by atoms with E-state index < -0.39 is 5.66 Å². The molecule has 0 aliphatic heterocycles. The number of thiol groups is 1. The highest BCUT2D eigenvalue weighted by molar-refractivity contribution is 7.82.